The highest BCUT2D eigenvalue weighted by atomic mass is 16.9. The first-order valence-electron chi connectivity index (χ1n) is 32.0. The molecule has 6 aliphatic rings. The predicted molar refractivity (Wildman–Crippen MR) is 309 cm³/mol. The van der Waals surface area contributed by atoms with Gasteiger partial charge in [-0.25, -0.2) is 4.79 Å². The average Bonchev–Trinajstić information content (AvgIpc) is 3.99. The van der Waals surface area contributed by atoms with Gasteiger partial charge in [-0.3, -0.25) is 9.53 Å². The van der Waals surface area contributed by atoms with Crippen molar-refractivity contribution in [1.82, 2.24) is 5.32 Å². The second-order valence-corrected chi connectivity index (χ2v) is 23.7. The fraction of sp³-hybridized carbons (Fsp3) is 0.873. The van der Waals surface area contributed by atoms with E-state index in [1.807, 2.05) is 13.8 Å². The molecule has 1 aromatic rings. The number of fused-ring (bicyclic) bond motifs is 2. The number of carbonyl (C=O) groups is 2. The Morgan fingerprint density at radius 1 is 0.565 bits per heavy atom. The molecule has 0 saturated carbocycles. The smallest absolute Gasteiger partial charge is 0.338 e. The minimum absolute atomic E-state index is 0.102. The summed E-state index contributed by atoms with van der Waals surface area (Å²) in [7, 11) is 1.47. The first-order valence-corrected chi connectivity index (χ1v) is 32.0. The van der Waals surface area contributed by atoms with Crippen LogP contribution in [-0.4, -0.2) is 206 Å². The first-order chi connectivity index (χ1) is 41.0. The van der Waals surface area contributed by atoms with E-state index in [-0.39, 0.29) is 18.8 Å². The molecule has 0 radical (unpaired) electrons. The van der Waals surface area contributed by atoms with Crippen LogP contribution in [0.15, 0.2) is 30.3 Å². The Morgan fingerprint density at radius 2 is 1.12 bits per heavy atom. The third kappa shape index (κ3) is 19.0. The van der Waals surface area contributed by atoms with Crippen LogP contribution in [-0.2, 0) is 94.8 Å². The van der Waals surface area contributed by atoms with E-state index in [1.54, 1.807) is 51.1 Å². The maximum absolute atomic E-state index is 14.9. The van der Waals surface area contributed by atoms with Crippen LogP contribution in [0.4, 0.5) is 0 Å². The van der Waals surface area contributed by atoms with Gasteiger partial charge in [0.15, 0.2) is 37.1 Å². The van der Waals surface area contributed by atoms with Crippen LogP contribution < -0.4 is 5.32 Å². The standard InChI is InChI=1S/C63H105NO21/c1-14-20-31-68-37-43-48(70-33-22-16-3)52(72-35-24-18-5)54(73-36-25-19-6)59(78-43)80-47-40(8)75-60(81-50-45(64-41(9)65)58(67-13)77-44-38-74-62(10,11)82-49(44)50)55(79-57(66)42-29-27-26-28-30-42)53(47)83-63(12)84-56-51(71-34-23-17-4)46(69-32-21-15-2)39(7)76-61(56)85-63/h26-30,39-40,43-56,58-61H,14-25,31-38H2,1-13H3,(H,64,65)/t39?,40?,43?,44?,45?,46-,47-,48+,49+,50?,51?,52?,53?,54?,55?,56?,58+,59+,60-,61+,63?/m0/s1. The maximum Gasteiger partial charge on any atom is 0.338 e. The number of carbonyl (C=O) groups excluding carboxylic acids is 2. The van der Waals surface area contributed by atoms with E-state index in [1.165, 1.54) is 14.0 Å². The Kier molecular flexibility index (Phi) is 28.4. The molecule has 0 aliphatic carbocycles. The highest BCUT2D eigenvalue weighted by Crippen LogP contribution is 2.45. The van der Waals surface area contributed by atoms with Crippen LogP contribution in [0.1, 0.15) is 170 Å². The lowest BCUT2D eigenvalue weighted by atomic mass is 9.93. The van der Waals surface area contributed by atoms with Crippen LogP contribution in [0, 0.1) is 0 Å². The quantitative estimate of drug-likeness (QED) is 0.0497. The molecule has 21 atom stereocenters. The average molecular weight is 1210 g/mol. The molecule has 7 rings (SSSR count). The SMILES string of the molecule is CCCCOCC1O[C@H](O[C@H]2C(C)O[C@@H](OC3C(NC(C)=O)[C@H](OC)OC4COC(C)(C)O[C@H]43)C(OC(=O)c3ccccc3)C2OC2(C)OC3C(OCCCC)[C@@H](OCCCC)C(C)O[C@@H]3O2)C(OCCCC)C(OCCCC)[C@@H]1OCCCC. The fourth-order valence-corrected chi connectivity index (χ4v) is 11.5. The zero-order valence-corrected chi connectivity index (χ0v) is 53.1. The topological polar surface area (TPSA) is 222 Å². The molecule has 1 N–H and O–H groups in total. The van der Waals surface area contributed by atoms with Crippen molar-refractivity contribution in [3.8, 4) is 0 Å². The maximum atomic E-state index is 14.9. The summed E-state index contributed by atoms with van der Waals surface area (Å²) < 4.78 is 128. The van der Waals surface area contributed by atoms with Gasteiger partial charge in [-0.2, -0.15) is 0 Å². The number of rotatable bonds is 35. The monoisotopic (exact) mass is 1210 g/mol. The van der Waals surface area contributed by atoms with Gasteiger partial charge in [-0.1, -0.05) is 98.3 Å². The number of benzene rings is 1. The molecule has 1 amide bonds. The normalized spacial score (nSPS) is 37.2. The van der Waals surface area contributed by atoms with Crippen LogP contribution in [0.2, 0.25) is 0 Å². The number of methoxy groups -OCH3 is 1. The molecule has 85 heavy (non-hydrogen) atoms. The largest absolute Gasteiger partial charge is 0.450 e. The molecule has 6 fully saturated rings. The first kappa shape index (κ1) is 69.9. The van der Waals surface area contributed by atoms with Gasteiger partial charge in [-0.15, -0.1) is 0 Å². The lowest BCUT2D eigenvalue weighted by molar-refractivity contribution is -0.425. The van der Waals surface area contributed by atoms with Gasteiger partial charge >= 0.3 is 5.97 Å². The van der Waals surface area contributed by atoms with Gasteiger partial charge in [-0.05, 0) is 78.4 Å². The molecule has 6 aliphatic heterocycles. The highest BCUT2D eigenvalue weighted by molar-refractivity contribution is 5.89. The minimum atomic E-state index is -1.95. The molecule has 22 nitrogen and oxygen atoms in total. The van der Waals surface area contributed by atoms with Crippen molar-refractivity contribution < 1.29 is 99.6 Å². The molecule has 6 saturated heterocycles. The Labute approximate surface area is 505 Å². The lowest BCUT2D eigenvalue weighted by Crippen LogP contribution is -2.71. The van der Waals surface area contributed by atoms with Crippen molar-refractivity contribution in [3.63, 3.8) is 0 Å². The van der Waals surface area contributed by atoms with Gasteiger partial charge < -0.3 is 90.6 Å². The number of hydrogen-bond acceptors (Lipinski definition) is 21. The summed E-state index contributed by atoms with van der Waals surface area (Å²) in [6.45, 7) is 26.0. The number of nitrogens with one attached hydrogen (secondary N) is 1. The number of amides is 1. The van der Waals surface area contributed by atoms with Crippen LogP contribution in [0.25, 0.3) is 0 Å². The van der Waals surface area contributed by atoms with E-state index in [4.69, 9.17) is 90.0 Å². The summed E-state index contributed by atoms with van der Waals surface area (Å²) in [5, 5.41) is 2.99. The van der Waals surface area contributed by atoms with Crippen molar-refractivity contribution in [2.45, 2.75) is 295 Å². The molecule has 488 valence electrons. The second kappa shape index (κ2) is 34.6. The molecule has 22 heteroatoms. The van der Waals surface area contributed by atoms with Crippen molar-refractivity contribution >= 4 is 11.9 Å². The van der Waals surface area contributed by atoms with Crippen LogP contribution in [0.5, 0.6) is 0 Å². The van der Waals surface area contributed by atoms with E-state index in [0.717, 1.165) is 77.0 Å². The van der Waals surface area contributed by atoms with Crippen LogP contribution in [0.3, 0.4) is 0 Å². The van der Waals surface area contributed by atoms with Crippen LogP contribution >= 0.6 is 0 Å². The minimum Gasteiger partial charge on any atom is -0.450 e. The molecule has 13 unspecified atom stereocenters. The number of hydrogen-bond donors (Lipinski definition) is 1. The van der Waals surface area contributed by atoms with Gasteiger partial charge in [0.2, 0.25) is 5.91 Å². The Morgan fingerprint density at radius 3 is 1.73 bits per heavy atom. The zero-order valence-electron chi connectivity index (χ0n) is 53.1. The van der Waals surface area contributed by atoms with E-state index in [9.17, 15) is 9.59 Å². The third-order valence-corrected chi connectivity index (χ3v) is 16.1. The number of unbranched alkanes of at least 4 members (excludes halogenated alkanes) is 6. The van der Waals surface area contributed by atoms with Gasteiger partial charge in [0.25, 0.3) is 5.97 Å². The molecule has 1 aromatic carbocycles. The van der Waals surface area contributed by atoms with E-state index >= 15 is 0 Å². The van der Waals surface area contributed by atoms with Crippen molar-refractivity contribution in [3.05, 3.63) is 35.9 Å². The summed E-state index contributed by atoms with van der Waals surface area (Å²) in [6, 6.07) is 7.58. The number of ether oxygens (including phenoxy) is 19. The summed E-state index contributed by atoms with van der Waals surface area (Å²) in [5.41, 5.74) is 0.230. The molecule has 0 aromatic heterocycles. The van der Waals surface area contributed by atoms with E-state index in [0.29, 0.717) is 39.6 Å². The molecule has 0 bridgehead atoms. The van der Waals surface area contributed by atoms with E-state index in [2.05, 4.69) is 46.9 Å². The summed E-state index contributed by atoms with van der Waals surface area (Å²) in [6.07, 6.45) is -7.37. The van der Waals surface area contributed by atoms with Gasteiger partial charge in [0.1, 0.15) is 79.3 Å². The van der Waals surface area contributed by atoms with Crippen molar-refractivity contribution in [2.75, 3.05) is 60.0 Å². The molecule has 0 spiro atoms. The summed E-state index contributed by atoms with van der Waals surface area (Å²) in [5.74, 6) is -4.18. The molecular weight excluding hydrogens is 1110 g/mol. The van der Waals surface area contributed by atoms with Crippen molar-refractivity contribution in [2.24, 2.45) is 0 Å². The highest BCUT2D eigenvalue weighted by Gasteiger charge is 2.63. The Hall–Kier alpha value is -2.56. The Bertz CT molecular complexity index is 2080. The molecule has 6 heterocycles. The predicted octanol–water partition coefficient (Wildman–Crippen LogP) is 8.44. The Balaban J connectivity index is 1.36. The summed E-state index contributed by atoms with van der Waals surface area (Å²) in [4.78, 5) is 28.1. The number of esters is 1. The fourth-order valence-electron chi connectivity index (χ4n) is 11.5. The summed E-state index contributed by atoms with van der Waals surface area (Å²) >= 11 is 0. The zero-order chi connectivity index (χ0) is 61.1. The van der Waals surface area contributed by atoms with Crippen molar-refractivity contribution in [1.29, 1.82) is 0 Å². The lowest BCUT2D eigenvalue weighted by Gasteiger charge is -2.53. The van der Waals surface area contributed by atoms with Gasteiger partial charge in [0.05, 0.1) is 31.0 Å². The van der Waals surface area contributed by atoms with Gasteiger partial charge in [0, 0.05) is 60.6 Å². The molecular formula is C63H105NO21. The van der Waals surface area contributed by atoms with E-state index < -0.39 is 146 Å². The third-order valence-electron chi connectivity index (χ3n) is 16.1. The second-order valence-electron chi connectivity index (χ2n) is 23.7.